The van der Waals surface area contributed by atoms with Crippen LogP contribution in [0, 0.1) is 6.92 Å². The lowest BCUT2D eigenvalue weighted by Crippen LogP contribution is -2.51. The maximum absolute atomic E-state index is 12.9. The standard InChI is InChI=1S/C23H25N3O2/c1-15-8-9-19(26-20-13-24-14-20)12-21(15)23(27)25-16(2)17-5-3-6-18(11-17)22-7-4-10-28-22/h3-12,16,20,24,26H,13-14H2,1-2H3,(H,25,27). The first-order chi connectivity index (χ1) is 13.6. The zero-order valence-corrected chi connectivity index (χ0v) is 16.2. The highest BCUT2D eigenvalue weighted by atomic mass is 16.3. The molecule has 1 aliphatic heterocycles. The van der Waals surface area contributed by atoms with Crippen LogP contribution >= 0.6 is 0 Å². The van der Waals surface area contributed by atoms with Crippen LogP contribution in [0.1, 0.15) is 34.5 Å². The van der Waals surface area contributed by atoms with Gasteiger partial charge in [0, 0.05) is 29.9 Å². The Morgan fingerprint density at radius 3 is 2.71 bits per heavy atom. The highest BCUT2D eigenvalue weighted by Crippen LogP contribution is 2.24. The first-order valence-corrected chi connectivity index (χ1v) is 9.63. The molecular weight excluding hydrogens is 350 g/mol. The molecule has 1 unspecified atom stereocenters. The van der Waals surface area contributed by atoms with E-state index in [4.69, 9.17) is 4.42 Å². The predicted molar refractivity (Wildman–Crippen MR) is 111 cm³/mol. The van der Waals surface area contributed by atoms with E-state index in [1.54, 1.807) is 6.26 Å². The van der Waals surface area contributed by atoms with Gasteiger partial charge in [0.05, 0.1) is 18.3 Å². The van der Waals surface area contributed by atoms with E-state index >= 15 is 0 Å². The van der Waals surface area contributed by atoms with E-state index in [1.807, 2.05) is 62.4 Å². The number of rotatable bonds is 6. The minimum Gasteiger partial charge on any atom is -0.464 e. The van der Waals surface area contributed by atoms with Crippen LogP contribution in [0.3, 0.4) is 0 Å². The van der Waals surface area contributed by atoms with E-state index < -0.39 is 0 Å². The Balaban J connectivity index is 1.48. The molecule has 0 aliphatic carbocycles. The molecule has 4 rings (SSSR count). The van der Waals surface area contributed by atoms with Gasteiger partial charge in [0.2, 0.25) is 0 Å². The molecule has 28 heavy (non-hydrogen) atoms. The highest BCUT2D eigenvalue weighted by Gasteiger charge is 2.18. The van der Waals surface area contributed by atoms with E-state index in [9.17, 15) is 4.79 Å². The Hall–Kier alpha value is -3.05. The molecule has 2 heterocycles. The fraction of sp³-hybridized carbons (Fsp3) is 0.261. The van der Waals surface area contributed by atoms with Gasteiger partial charge in [-0.3, -0.25) is 4.79 Å². The van der Waals surface area contributed by atoms with Crippen LogP contribution < -0.4 is 16.0 Å². The fourth-order valence-electron chi connectivity index (χ4n) is 3.34. The van der Waals surface area contributed by atoms with Crippen LogP contribution in [-0.4, -0.2) is 25.0 Å². The lowest BCUT2D eigenvalue weighted by Gasteiger charge is -2.29. The maximum atomic E-state index is 12.9. The van der Waals surface area contributed by atoms with Crippen molar-refractivity contribution in [3.05, 3.63) is 77.6 Å². The minimum atomic E-state index is -0.116. The summed E-state index contributed by atoms with van der Waals surface area (Å²) in [5.74, 6) is 0.754. The summed E-state index contributed by atoms with van der Waals surface area (Å²) in [4.78, 5) is 12.9. The molecule has 1 aromatic heterocycles. The number of carbonyl (C=O) groups excluding carboxylic acids is 1. The van der Waals surface area contributed by atoms with Crippen molar-refractivity contribution in [2.24, 2.45) is 0 Å². The van der Waals surface area contributed by atoms with Crippen LogP contribution in [-0.2, 0) is 0 Å². The van der Waals surface area contributed by atoms with Gasteiger partial charge in [0.1, 0.15) is 5.76 Å². The van der Waals surface area contributed by atoms with Crippen LogP contribution in [0.15, 0.2) is 65.3 Å². The van der Waals surface area contributed by atoms with Crippen LogP contribution in [0.25, 0.3) is 11.3 Å². The summed E-state index contributed by atoms with van der Waals surface area (Å²) < 4.78 is 5.48. The van der Waals surface area contributed by atoms with Gasteiger partial charge >= 0.3 is 0 Å². The number of carbonyl (C=O) groups is 1. The van der Waals surface area contributed by atoms with Crippen molar-refractivity contribution in [3.8, 4) is 11.3 Å². The first-order valence-electron chi connectivity index (χ1n) is 9.63. The zero-order valence-electron chi connectivity index (χ0n) is 16.2. The Bertz CT molecular complexity index is 962. The second-order valence-electron chi connectivity index (χ2n) is 7.33. The lowest BCUT2D eigenvalue weighted by molar-refractivity contribution is 0.0939. The lowest BCUT2D eigenvalue weighted by atomic mass is 10.0. The Morgan fingerprint density at radius 1 is 1.14 bits per heavy atom. The second kappa shape index (κ2) is 7.90. The van der Waals surface area contributed by atoms with Gasteiger partial charge in [-0.1, -0.05) is 24.3 Å². The number of amides is 1. The fourth-order valence-corrected chi connectivity index (χ4v) is 3.34. The summed E-state index contributed by atoms with van der Waals surface area (Å²) in [7, 11) is 0. The molecule has 5 heteroatoms. The van der Waals surface area contributed by atoms with Crippen LogP contribution in [0.2, 0.25) is 0 Å². The third kappa shape index (κ3) is 3.94. The van der Waals surface area contributed by atoms with Crippen molar-refractivity contribution < 1.29 is 9.21 Å². The number of aryl methyl sites for hydroxylation is 1. The molecule has 1 amide bonds. The van der Waals surface area contributed by atoms with Gasteiger partial charge in [0.15, 0.2) is 0 Å². The molecule has 1 atom stereocenters. The number of hydrogen-bond donors (Lipinski definition) is 3. The smallest absolute Gasteiger partial charge is 0.252 e. The van der Waals surface area contributed by atoms with E-state index in [1.165, 1.54) is 0 Å². The average molecular weight is 375 g/mol. The molecular formula is C23H25N3O2. The van der Waals surface area contributed by atoms with Gasteiger partial charge in [-0.2, -0.15) is 0 Å². The highest BCUT2D eigenvalue weighted by molar-refractivity contribution is 5.96. The number of anilines is 1. The molecule has 0 saturated carbocycles. The van der Waals surface area contributed by atoms with Gasteiger partial charge in [-0.05, 0) is 55.3 Å². The van der Waals surface area contributed by atoms with Crippen molar-refractivity contribution in [1.29, 1.82) is 0 Å². The molecule has 0 spiro atoms. The number of nitrogens with one attached hydrogen (secondary N) is 3. The molecule has 3 N–H and O–H groups in total. The molecule has 144 valence electrons. The van der Waals surface area contributed by atoms with Crippen molar-refractivity contribution in [2.75, 3.05) is 18.4 Å². The maximum Gasteiger partial charge on any atom is 0.252 e. The largest absolute Gasteiger partial charge is 0.464 e. The predicted octanol–water partition coefficient (Wildman–Crippen LogP) is 4.13. The third-order valence-electron chi connectivity index (χ3n) is 5.17. The summed E-state index contributed by atoms with van der Waals surface area (Å²) in [6.45, 7) is 5.87. The van der Waals surface area contributed by atoms with E-state index in [2.05, 4.69) is 22.0 Å². The van der Waals surface area contributed by atoms with Crippen molar-refractivity contribution in [2.45, 2.75) is 25.9 Å². The SMILES string of the molecule is Cc1ccc(NC2CNC2)cc1C(=O)NC(C)c1cccc(-c2ccco2)c1. The van der Waals surface area contributed by atoms with Crippen LogP contribution in [0.5, 0.6) is 0 Å². The monoisotopic (exact) mass is 375 g/mol. The number of benzene rings is 2. The average Bonchev–Trinajstić information content (AvgIpc) is 3.20. The first kappa shape index (κ1) is 18.3. The minimum absolute atomic E-state index is 0.0659. The molecule has 5 nitrogen and oxygen atoms in total. The van der Waals surface area contributed by atoms with Crippen molar-refractivity contribution >= 4 is 11.6 Å². The van der Waals surface area contributed by atoms with Crippen molar-refractivity contribution in [3.63, 3.8) is 0 Å². The molecule has 2 aromatic carbocycles. The molecule has 1 saturated heterocycles. The number of hydrogen-bond acceptors (Lipinski definition) is 4. The van der Waals surface area contributed by atoms with Gasteiger partial charge < -0.3 is 20.4 Å². The van der Waals surface area contributed by atoms with Crippen molar-refractivity contribution in [1.82, 2.24) is 10.6 Å². The molecule has 3 aromatic rings. The zero-order chi connectivity index (χ0) is 19.5. The van der Waals surface area contributed by atoms with E-state index in [-0.39, 0.29) is 11.9 Å². The Kier molecular flexibility index (Phi) is 5.17. The van der Waals surface area contributed by atoms with Gasteiger partial charge in [-0.15, -0.1) is 0 Å². The summed E-state index contributed by atoms with van der Waals surface area (Å²) in [6, 6.07) is 18.1. The quantitative estimate of drug-likeness (QED) is 0.606. The summed E-state index contributed by atoms with van der Waals surface area (Å²) in [5, 5.41) is 9.82. The molecule has 1 fully saturated rings. The van der Waals surface area contributed by atoms with E-state index in [0.717, 1.165) is 41.2 Å². The molecule has 0 bridgehead atoms. The van der Waals surface area contributed by atoms with E-state index in [0.29, 0.717) is 11.6 Å². The second-order valence-corrected chi connectivity index (χ2v) is 7.33. The Labute approximate surface area is 165 Å². The number of furan rings is 1. The summed E-state index contributed by atoms with van der Waals surface area (Å²) in [6.07, 6.45) is 1.66. The third-order valence-corrected chi connectivity index (χ3v) is 5.17. The Morgan fingerprint density at radius 2 is 2.00 bits per heavy atom. The van der Waals surface area contributed by atoms with Crippen LogP contribution in [0.4, 0.5) is 5.69 Å². The van der Waals surface area contributed by atoms with Gasteiger partial charge in [0.25, 0.3) is 5.91 Å². The topological polar surface area (TPSA) is 66.3 Å². The molecule has 0 radical (unpaired) electrons. The van der Waals surface area contributed by atoms with Gasteiger partial charge in [-0.25, -0.2) is 0 Å². The summed E-state index contributed by atoms with van der Waals surface area (Å²) in [5.41, 5.74) is 4.68. The molecule has 1 aliphatic rings. The normalized spacial score (nSPS) is 14.9. The summed E-state index contributed by atoms with van der Waals surface area (Å²) >= 11 is 0.